The van der Waals surface area contributed by atoms with Gasteiger partial charge in [0.2, 0.25) is 5.75 Å². The maximum absolute atomic E-state index is 13.3. The molecule has 1 aliphatic heterocycles. The lowest BCUT2D eigenvalue weighted by Gasteiger charge is -2.33. The van der Waals surface area contributed by atoms with Gasteiger partial charge in [-0.1, -0.05) is 0 Å². The molecule has 0 saturated carbocycles. The number of fused-ring (bicyclic) bond motifs is 1. The maximum atomic E-state index is 13.3. The highest BCUT2D eigenvalue weighted by Gasteiger charge is 2.25. The lowest BCUT2D eigenvalue weighted by atomic mass is 10.0. The number of nitrogens with zero attached hydrogens (tertiary/aromatic N) is 5. The highest BCUT2D eigenvalue weighted by atomic mass is 16.5. The molecule has 9 heteroatoms. The van der Waals surface area contributed by atoms with E-state index < -0.39 is 0 Å². The Morgan fingerprint density at radius 2 is 1.76 bits per heavy atom. The van der Waals surface area contributed by atoms with Crippen LogP contribution in [0.5, 0.6) is 17.2 Å². The molecule has 29 heavy (non-hydrogen) atoms. The Morgan fingerprint density at radius 3 is 2.38 bits per heavy atom. The van der Waals surface area contributed by atoms with Gasteiger partial charge in [0, 0.05) is 31.5 Å². The van der Waals surface area contributed by atoms with E-state index in [4.69, 9.17) is 14.2 Å². The smallest absolute Gasteiger partial charge is 0.261 e. The summed E-state index contributed by atoms with van der Waals surface area (Å²) in [5.41, 5.74) is 0.343. The minimum atomic E-state index is -0.118. The van der Waals surface area contributed by atoms with Crippen LogP contribution >= 0.6 is 0 Å². The van der Waals surface area contributed by atoms with Crippen LogP contribution in [0.4, 0.5) is 5.82 Å². The van der Waals surface area contributed by atoms with Crippen LogP contribution in [0, 0.1) is 0 Å². The molecule has 1 saturated heterocycles. The summed E-state index contributed by atoms with van der Waals surface area (Å²) in [5, 5.41) is 0.443. The zero-order valence-corrected chi connectivity index (χ0v) is 16.7. The van der Waals surface area contributed by atoms with Gasteiger partial charge in [-0.2, -0.15) is 0 Å². The second-order valence-corrected chi connectivity index (χ2v) is 6.78. The van der Waals surface area contributed by atoms with Crippen LogP contribution < -0.4 is 24.7 Å². The van der Waals surface area contributed by atoms with E-state index in [1.54, 1.807) is 35.6 Å². The molecule has 1 fully saturated rings. The normalized spacial score (nSPS) is 14.8. The summed E-state index contributed by atoms with van der Waals surface area (Å²) in [4.78, 5) is 28.4. The van der Waals surface area contributed by atoms with Crippen molar-refractivity contribution in [2.75, 3.05) is 39.3 Å². The second kappa shape index (κ2) is 7.94. The van der Waals surface area contributed by atoms with E-state index in [1.807, 2.05) is 0 Å². The SMILES string of the molecule is COc1cc2c(=O)n(C3CCN(c4cnccn4)CC3)cnc2c(OC)c1OC. The van der Waals surface area contributed by atoms with Gasteiger partial charge in [-0.15, -0.1) is 0 Å². The lowest BCUT2D eigenvalue weighted by Crippen LogP contribution is -2.38. The molecule has 0 amide bonds. The van der Waals surface area contributed by atoms with Gasteiger partial charge in [0.1, 0.15) is 11.3 Å². The first-order valence-corrected chi connectivity index (χ1v) is 9.38. The zero-order valence-electron chi connectivity index (χ0n) is 16.7. The third-order valence-corrected chi connectivity index (χ3v) is 5.31. The first kappa shape index (κ1) is 19.0. The summed E-state index contributed by atoms with van der Waals surface area (Å²) in [6.07, 6.45) is 8.34. The van der Waals surface area contributed by atoms with Gasteiger partial charge in [0.05, 0.1) is 39.2 Å². The summed E-state index contributed by atoms with van der Waals surface area (Å²) in [7, 11) is 4.57. The van der Waals surface area contributed by atoms with E-state index in [2.05, 4.69) is 19.9 Å². The first-order chi connectivity index (χ1) is 14.2. The van der Waals surface area contributed by atoms with Gasteiger partial charge < -0.3 is 19.1 Å². The predicted molar refractivity (Wildman–Crippen MR) is 108 cm³/mol. The average molecular weight is 397 g/mol. The molecule has 0 spiro atoms. The van der Waals surface area contributed by atoms with Gasteiger partial charge in [-0.05, 0) is 18.9 Å². The first-order valence-electron chi connectivity index (χ1n) is 9.38. The highest BCUT2D eigenvalue weighted by molar-refractivity contribution is 5.89. The summed E-state index contributed by atoms with van der Waals surface area (Å²) in [6, 6.07) is 1.73. The van der Waals surface area contributed by atoms with Crippen LogP contribution in [0.15, 0.2) is 35.8 Å². The molecule has 9 nitrogen and oxygen atoms in total. The lowest BCUT2D eigenvalue weighted by molar-refractivity contribution is 0.326. The van der Waals surface area contributed by atoms with Crippen molar-refractivity contribution in [3.8, 4) is 17.2 Å². The summed E-state index contributed by atoms with van der Waals surface area (Å²) < 4.78 is 18.0. The molecule has 0 bridgehead atoms. The van der Waals surface area contributed by atoms with Crippen molar-refractivity contribution in [2.45, 2.75) is 18.9 Å². The Bertz CT molecular complexity index is 1060. The number of anilines is 1. The van der Waals surface area contributed by atoms with Gasteiger partial charge >= 0.3 is 0 Å². The standard InChI is InChI=1S/C20H23N5O4/c1-27-15-10-14-17(19(29-3)18(15)28-2)23-12-25(20(14)26)13-4-8-24(9-5-13)16-11-21-6-7-22-16/h6-7,10-13H,4-5,8-9H2,1-3H3. The van der Waals surface area contributed by atoms with Crippen molar-refractivity contribution in [1.82, 2.24) is 19.5 Å². The van der Waals surface area contributed by atoms with E-state index in [9.17, 15) is 4.79 Å². The molecular formula is C20H23N5O4. The molecule has 4 rings (SSSR count). The molecule has 0 atom stereocenters. The number of aromatic nitrogens is 4. The van der Waals surface area contributed by atoms with Crippen LogP contribution in [0.25, 0.3) is 10.9 Å². The summed E-state index contributed by atoms with van der Waals surface area (Å²) >= 11 is 0. The van der Waals surface area contributed by atoms with E-state index in [0.717, 1.165) is 31.7 Å². The number of rotatable bonds is 5. The summed E-state index contributed by atoms with van der Waals surface area (Å²) in [5.74, 6) is 2.11. The molecule has 0 unspecified atom stereocenters. The fraction of sp³-hybridized carbons (Fsp3) is 0.400. The Morgan fingerprint density at radius 1 is 1.00 bits per heavy atom. The number of piperidine rings is 1. The monoisotopic (exact) mass is 397 g/mol. The fourth-order valence-electron chi connectivity index (χ4n) is 3.83. The van der Waals surface area contributed by atoms with Crippen LogP contribution in [0.1, 0.15) is 18.9 Å². The molecular weight excluding hydrogens is 374 g/mol. The number of benzene rings is 1. The van der Waals surface area contributed by atoms with Gasteiger partial charge in [0.15, 0.2) is 11.5 Å². The van der Waals surface area contributed by atoms with Crippen molar-refractivity contribution in [3.05, 3.63) is 41.3 Å². The highest BCUT2D eigenvalue weighted by Crippen LogP contribution is 2.41. The van der Waals surface area contributed by atoms with Crippen molar-refractivity contribution < 1.29 is 14.2 Å². The van der Waals surface area contributed by atoms with Crippen molar-refractivity contribution in [1.29, 1.82) is 0 Å². The number of ether oxygens (including phenoxy) is 3. The Kier molecular flexibility index (Phi) is 5.20. The quantitative estimate of drug-likeness (QED) is 0.646. The Balaban J connectivity index is 1.67. The molecule has 0 aliphatic carbocycles. The van der Waals surface area contributed by atoms with E-state index >= 15 is 0 Å². The molecule has 1 aliphatic rings. The topological polar surface area (TPSA) is 91.6 Å². The number of hydrogen-bond acceptors (Lipinski definition) is 8. The molecule has 3 heterocycles. The number of methoxy groups -OCH3 is 3. The molecule has 3 aromatic rings. The van der Waals surface area contributed by atoms with Gasteiger partial charge in [-0.25, -0.2) is 9.97 Å². The van der Waals surface area contributed by atoms with Gasteiger partial charge in [0.25, 0.3) is 5.56 Å². The molecule has 0 N–H and O–H groups in total. The summed E-state index contributed by atoms with van der Waals surface area (Å²) in [6.45, 7) is 1.59. The van der Waals surface area contributed by atoms with Gasteiger partial charge in [-0.3, -0.25) is 14.3 Å². The molecule has 0 radical (unpaired) electrons. The number of hydrogen-bond donors (Lipinski definition) is 0. The molecule has 2 aromatic heterocycles. The Hall–Kier alpha value is -3.36. The molecule has 1 aromatic carbocycles. The minimum absolute atomic E-state index is 0.0615. The van der Waals surface area contributed by atoms with Crippen LogP contribution in [0.2, 0.25) is 0 Å². The van der Waals surface area contributed by atoms with Crippen molar-refractivity contribution >= 4 is 16.7 Å². The van der Waals surface area contributed by atoms with Crippen molar-refractivity contribution in [3.63, 3.8) is 0 Å². The third kappa shape index (κ3) is 3.32. The van der Waals surface area contributed by atoms with Crippen molar-refractivity contribution in [2.24, 2.45) is 0 Å². The average Bonchev–Trinajstić information content (AvgIpc) is 2.79. The van der Waals surface area contributed by atoms with E-state index in [-0.39, 0.29) is 11.6 Å². The minimum Gasteiger partial charge on any atom is -0.493 e. The predicted octanol–water partition coefficient (Wildman–Crippen LogP) is 2.05. The maximum Gasteiger partial charge on any atom is 0.261 e. The zero-order chi connectivity index (χ0) is 20.4. The van der Waals surface area contributed by atoms with Crippen LogP contribution in [-0.2, 0) is 0 Å². The second-order valence-electron chi connectivity index (χ2n) is 6.78. The van der Waals surface area contributed by atoms with Crippen LogP contribution in [-0.4, -0.2) is 53.9 Å². The fourth-order valence-corrected chi connectivity index (χ4v) is 3.83. The van der Waals surface area contributed by atoms with Crippen LogP contribution in [0.3, 0.4) is 0 Å². The molecule has 152 valence electrons. The Labute approximate surface area is 167 Å². The van der Waals surface area contributed by atoms with E-state index in [1.165, 1.54) is 21.3 Å². The van der Waals surface area contributed by atoms with E-state index in [0.29, 0.717) is 28.2 Å². The third-order valence-electron chi connectivity index (χ3n) is 5.31. The largest absolute Gasteiger partial charge is 0.493 e.